The van der Waals surface area contributed by atoms with Crippen molar-refractivity contribution in [1.82, 2.24) is 5.32 Å². The van der Waals surface area contributed by atoms with Crippen molar-refractivity contribution in [3.05, 3.63) is 29.8 Å². The van der Waals surface area contributed by atoms with Crippen LogP contribution in [0.5, 0.6) is 0 Å². The lowest BCUT2D eigenvalue weighted by molar-refractivity contribution is -0.129. The maximum Gasteiger partial charge on any atom is 0.340 e. The third-order valence-corrected chi connectivity index (χ3v) is 4.00. The van der Waals surface area contributed by atoms with Crippen molar-refractivity contribution in [1.29, 1.82) is 0 Å². The van der Waals surface area contributed by atoms with Crippen molar-refractivity contribution in [2.75, 3.05) is 12.8 Å². The van der Waals surface area contributed by atoms with E-state index in [9.17, 15) is 18.0 Å². The van der Waals surface area contributed by atoms with Crippen molar-refractivity contribution >= 4 is 21.7 Å². The van der Waals surface area contributed by atoms with Crippen LogP contribution >= 0.6 is 0 Å². The zero-order valence-corrected chi connectivity index (χ0v) is 13.9. The molecule has 0 aliphatic rings. The van der Waals surface area contributed by atoms with Crippen LogP contribution in [0.15, 0.2) is 29.2 Å². The van der Waals surface area contributed by atoms with Crippen molar-refractivity contribution in [3.8, 4) is 0 Å². The quantitative estimate of drug-likeness (QED) is 0.798. The molecule has 0 saturated heterocycles. The van der Waals surface area contributed by atoms with Gasteiger partial charge in [0.15, 0.2) is 15.9 Å². The Morgan fingerprint density at radius 2 is 1.77 bits per heavy atom. The Hall–Kier alpha value is -1.89. The molecule has 0 radical (unpaired) electrons. The van der Waals surface area contributed by atoms with E-state index in [1.165, 1.54) is 31.2 Å². The monoisotopic (exact) mass is 327 g/mol. The van der Waals surface area contributed by atoms with Gasteiger partial charge in [0.2, 0.25) is 0 Å². The number of benzene rings is 1. The van der Waals surface area contributed by atoms with E-state index in [0.717, 1.165) is 6.26 Å². The molecule has 0 unspecified atom stereocenters. The van der Waals surface area contributed by atoms with Gasteiger partial charge in [0, 0.05) is 12.8 Å². The number of hydrogen-bond acceptors (Lipinski definition) is 5. The van der Waals surface area contributed by atoms with Gasteiger partial charge in [-0.2, -0.15) is 0 Å². The number of sulfone groups is 1. The zero-order chi connectivity index (χ0) is 16.9. The summed E-state index contributed by atoms with van der Waals surface area (Å²) in [6.07, 6.45) is 0.0107. The van der Waals surface area contributed by atoms with Gasteiger partial charge in [0.05, 0.1) is 10.5 Å². The molecule has 1 rings (SSSR count). The van der Waals surface area contributed by atoms with E-state index in [4.69, 9.17) is 4.74 Å². The maximum atomic E-state index is 12.1. The molecule has 1 N–H and O–H groups in total. The Bertz CT molecular complexity index is 652. The molecule has 1 atom stereocenters. The van der Waals surface area contributed by atoms with Crippen LogP contribution in [0.1, 0.15) is 31.1 Å². The van der Waals surface area contributed by atoms with E-state index in [2.05, 4.69) is 5.32 Å². The number of ether oxygens (including phenoxy) is 1. The molecule has 1 aromatic carbocycles. The van der Waals surface area contributed by atoms with E-state index in [-0.39, 0.29) is 16.4 Å². The highest BCUT2D eigenvalue weighted by atomic mass is 32.2. The van der Waals surface area contributed by atoms with Gasteiger partial charge >= 0.3 is 5.97 Å². The van der Waals surface area contributed by atoms with Gasteiger partial charge in [0.1, 0.15) is 0 Å². The minimum atomic E-state index is -3.56. The zero-order valence-electron chi connectivity index (χ0n) is 13.1. The van der Waals surface area contributed by atoms with Crippen molar-refractivity contribution < 1.29 is 22.7 Å². The fourth-order valence-electron chi connectivity index (χ4n) is 1.68. The van der Waals surface area contributed by atoms with Crippen molar-refractivity contribution in [3.63, 3.8) is 0 Å². The van der Waals surface area contributed by atoms with Crippen LogP contribution in [0.4, 0.5) is 0 Å². The summed E-state index contributed by atoms with van der Waals surface area (Å²) in [6.45, 7) is 5.80. The van der Waals surface area contributed by atoms with Crippen molar-refractivity contribution in [2.24, 2.45) is 5.92 Å². The molecule has 0 spiro atoms. The summed E-state index contributed by atoms with van der Waals surface area (Å²) in [5, 5.41) is 2.65. The second kappa shape index (κ2) is 7.40. The van der Waals surface area contributed by atoms with Crippen LogP contribution in [-0.4, -0.2) is 39.2 Å². The molecule has 1 aromatic rings. The molecule has 0 bridgehead atoms. The lowest BCUT2D eigenvalue weighted by Gasteiger charge is -2.15. The molecule has 0 heterocycles. The number of amides is 1. The fraction of sp³-hybridized carbons (Fsp3) is 0.467. The third-order valence-electron chi connectivity index (χ3n) is 2.84. The van der Waals surface area contributed by atoms with Crippen LogP contribution in [0.3, 0.4) is 0 Å². The summed E-state index contributed by atoms with van der Waals surface area (Å²) in [5.41, 5.74) is -0.0755. The summed E-state index contributed by atoms with van der Waals surface area (Å²) in [7, 11) is -3.56. The van der Waals surface area contributed by atoms with Gasteiger partial charge in [-0.05, 0) is 25.0 Å². The van der Waals surface area contributed by atoms with E-state index in [0.29, 0.717) is 6.54 Å². The standard InChI is InChI=1S/C15H21NO5S/c1-10(2)9-16-14(17)11(3)21-15(18)12-7-5-6-8-13(12)22(4,19)20/h5-8,10-11H,9H2,1-4H3,(H,16,17)/t11-/m0/s1. The van der Waals surface area contributed by atoms with Crippen molar-refractivity contribution in [2.45, 2.75) is 31.8 Å². The fourth-order valence-corrected chi connectivity index (χ4v) is 2.56. The van der Waals surface area contributed by atoms with Gasteiger partial charge in [0.25, 0.3) is 5.91 Å². The number of hydrogen-bond donors (Lipinski definition) is 1. The second-order valence-corrected chi connectivity index (χ2v) is 7.44. The van der Waals surface area contributed by atoms with Crippen LogP contribution < -0.4 is 5.32 Å². The summed E-state index contributed by atoms with van der Waals surface area (Å²) in [5.74, 6) is -0.982. The highest BCUT2D eigenvalue weighted by molar-refractivity contribution is 7.90. The Balaban J connectivity index is 2.84. The summed E-state index contributed by atoms with van der Waals surface area (Å²) < 4.78 is 28.4. The first-order valence-electron chi connectivity index (χ1n) is 6.90. The third kappa shape index (κ3) is 5.14. The van der Waals surface area contributed by atoms with Crippen LogP contribution in [-0.2, 0) is 19.4 Å². The molecule has 0 aliphatic carbocycles. The van der Waals surface area contributed by atoms with E-state index >= 15 is 0 Å². The predicted octanol–water partition coefficient (Wildman–Crippen LogP) is 1.41. The molecular formula is C15H21NO5S. The van der Waals surface area contributed by atoms with Gasteiger partial charge in [-0.3, -0.25) is 4.79 Å². The maximum absolute atomic E-state index is 12.1. The second-order valence-electron chi connectivity index (χ2n) is 5.45. The molecule has 0 saturated carbocycles. The number of nitrogens with one attached hydrogen (secondary N) is 1. The normalized spacial score (nSPS) is 12.8. The summed E-state index contributed by atoms with van der Waals surface area (Å²) >= 11 is 0. The average Bonchev–Trinajstić information content (AvgIpc) is 2.43. The average molecular weight is 327 g/mol. The van der Waals surface area contributed by atoms with E-state index in [1.54, 1.807) is 0 Å². The summed E-state index contributed by atoms with van der Waals surface area (Å²) in [6, 6.07) is 5.74. The van der Waals surface area contributed by atoms with Crippen LogP contribution in [0, 0.1) is 5.92 Å². The first-order chi connectivity index (χ1) is 10.1. The molecule has 0 aliphatic heterocycles. The van der Waals surface area contributed by atoms with Crippen LogP contribution in [0.25, 0.3) is 0 Å². The first-order valence-corrected chi connectivity index (χ1v) is 8.80. The van der Waals surface area contributed by atoms with Gasteiger partial charge < -0.3 is 10.1 Å². The molecule has 6 nitrogen and oxygen atoms in total. The lowest BCUT2D eigenvalue weighted by Crippen LogP contribution is -2.37. The highest BCUT2D eigenvalue weighted by Crippen LogP contribution is 2.17. The molecular weight excluding hydrogens is 306 g/mol. The lowest BCUT2D eigenvalue weighted by atomic mass is 10.2. The number of carbonyl (C=O) groups is 2. The SMILES string of the molecule is CC(C)CNC(=O)[C@H](C)OC(=O)c1ccccc1S(C)(=O)=O. The topological polar surface area (TPSA) is 89.5 Å². The number of esters is 1. The van der Waals surface area contributed by atoms with Gasteiger partial charge in [-0.1, -0.05) is 26.0 Å². The largest absolute Gasteiger partial charge is 0.449 e. The highest BCUT2D eigenvalue weighted by Gasteiger charge is 2.23. The molecule has 0 aromatic heterocycles. The Morgan fingerprint density at radius 3 is 2.32 bits per heavy atom. The van der Waals surface area contributed by atoms with E-state index in [1.807, 2.05) is 13.8 Å². The Morgan fingerprint density at radius 1 is 1.18 bits per heavy atom. The van der Waals surface area contributed by atoms with Crippen LogP contribution in [0.2, 0.25) is 0 Å². The Labute approximate surface area is 130 Å². The predicted molar refractivity (Wildman–Crippen MR) is 82.3 cm³/mol. The molecule has 22 heavy (non-hydrogen) atoms. The number of carbonyl (C=O) groups excluding carboxylic acids is 2. The minimum Gasteiger partial charge on any atom is -0.449 e. The van der Waals surface area contributed by atoms with E-state index < -0.39 is 27.8 Å². The molecule has 122 valence electrons. The van der Waals surface area contributed by atoms with Gasteiger partial charge in [-0.25, -0.2) is 13.2 Å². The molecule has 1 amide bonds. The number of rotatable bonds is 6. The smallest absolute Gasteiger partial charge is 0.340 e. The molecule has 0 fully saturated rings. The minimum absolute atomic E-state index is 0.0755. The molecule has 7 heteroatoms. The Kier molecular flexibility index (Phi) is 6.11. The summed E-state index contributed by atoms with van der Waals surface area (Å²) in [4.78, 5) is 23.8. The first kappa shape index (κ1) is 18.2. The van der Waals surface area contributed by atoms with Gasteiger partial charge in [-0.15, -0.1) is 0 Å².